The number of rotatable bonds is 0. The fourth-order valence-electron chi connectivity index (χ4n) is 3.05. The lowest BCUT2D eigenvalue weighted by atomic mass is 9.70. The van der Waals surface area contributed by atoms with Gasteiger partial charge < -0.3 is 0 Å². The van der Waals surface area contributed by atoms with Gasteiger partial charge >= 0.3 is 0 Å². The van der Waals surface area contributed by atoms with E-state index in [1.807, 2.05) is 0 Å². The summed E-state index contributed by atoms with van der Waals surface area (Å²) in [5, 5.41) is 2.35. The summed E-state index contributed by atoms with van der Waals surface area (Å²) < 4.78 is 0. The van der Waals surface area contributed by atoms with Crippen LogP contribution in [0.15, 0.2) is 0 Å². The van der Waals surface area contributed by atoms with Gasteiger partial charge in [0.25, 0.3) is 0 Å². The Morgan fingerprint density at radius 2 is 1.33 bits per heavy atom. The van der Waals surface area contributed by atoms with Crippen molar-refractivity contribution in [3.63, 3.8) is 0 Å². The fraction of sp³-hybridized carbons (Fsp3) is 1.00. The van der Waals surface area contributed by atoms with Gasteiger partial charge in [-0.2, -0.15) is 11.8 Å². The predicted octanol–water partition coefficient (Wildman–Crippen LogP) is 3.12. The zero-order valence-corrected chi connectivity index (χ0v) is 9.08. The third kappa shape index (κ3) is 0.994. The largest absolute Gasteiger partial charge is 0.152 e. The van der Waals surface area contributed by atoms with E-state index in [1.165, 1.54) is 19.3 Å². The maximum atomic E-state index is 6.35. The molecule has 4 bridgehead atoms. The first kappa shape index (κ1) is 8.26. The lowest BCUT2D eigenvalue weighted by Gasteiger charge is -2.54. The van der Waals surface area contributed by atoms with Gasteiger partial charge in [0.15, 0.2) is 0 Å². The number of hydrogen-bond donors (Lipinski definition) is 0. The Balaban J connectivity index is 1.91. The summed E-state index contributed by atoms with van der Waals surface area (Å²) in [5.74, 6) is 1.58. The van der Waals surface area contributed by atoms with Gasteiger partial charge in [-0.15, -0.1) is 23.2 Å². The second-order valence-corrected chi connectivity index (χ2v) is 6.82. The third-order valence-electron chi connectivity index (χ3n) is 3.64. The first-order valence-corrected chi connectivity index (χ1v) is 6.51. The number of alkyl halides is 2. The van der Waals surface area contributed by atoms with Crippen LogP contribution in [-0.4, -0.2) is 21.3 Å². The zero-order valence-electron chi connectivity index (χ0n) is 6.75. The van der Waals surface area contributed by atoms with Crippen LogP contribution in [-0.2, 0) is 0 Å². The van der Waals surface area contributed by atoms with Crippen molar-refractivity contribution in [2.75, 3.05) is 0 Å². The van der Waals surface area contributed by atoms with Gasteiger partial charge in [0.2, 0.25) is 0 Å². The average molecular weight is 223 g/mol. The average Bonchev–Trinajstić information content (AvgIpc) is 2.02. The topological polar surface area (TPSA) is 0 Å². The van der Waals surface area contributed by atoms with E-state index in [1.54, 1.807) is 0 Å². The van der Waals surface area contributed by atoms with Crippen LogP contribution in [0.5, 0.6) is 0 Å². The minimum atomic E-state index is 0.451. The quantitative estimate of drug-likeness (QED) is 0.568. The minimum Gasteiger partial charge on any atom is -0.152 e. The normalized spacial score (nSPS) is 62.5. The van der Waals surface area contributed by atoms with Crippen molar-refractivity contribution < 1.29 is 0 Å². The minimum absolute atomic E-state index is 0.451. The van der Waals surface area contributed by atoms with Crippen LogP contribution in [0.3, 0.4) is 0 Å². The van der Waals surface area contributed by atoms with Crippen LogP contribution in [0, 0.1) is 11.8 Å². The smallest absolute Gasteiger partial charge is 0.0483 e. The number of halogens is 2. The highest BCUT2D eigenvalue weighted by atomic mass is 35.5. The van der Waals surface area contributed by atoms with Crippen LogP contribution in [0.1, 0.15) is 19.3 Å². The molecule has 12 heavy (non-hydrogen) atoms. The Hall–Kier alpha value is 0.930. The molecule has 0 nitrogen and oxygen atoms in total. The Morgan fingerprint density at radius 1 is 0.833 bits per heavy atom. The van der Waals surface area contributed by atoms with Gasteiger partial charge in [0, 0.05) is 21.3 Å². The standard InChI is InChI=1S/C9H12Cl2S/c10-8-4-1-5-3-7(8)12-6(2-4)9(5)11/h4-9H,1-3H2. The molecule has 2 aliphatic heterocycles. The van der Waals surface area contributed by atoms with Crippen molar-refractivity contribution in [1.82, 2.24) is 0 Å². The molecule has 2 saturated carbocycles. The van der Waals surface area contributed by atoms with Crippen LogP contribution in [0.4, 0.5) is 0 Å². The van der Waals surface area contributed by atoms with E-state index in [4.69, 9.17) is 23.2 Å². The molecule has 4 fully saturated rings. The molecular formula is C9H12Cl2S. The molecule has 0 aromatic rings. The Labute approximate surface area is 87.4 Å². The van der Waals surface area contributed by atoms with E-state index in [0.29, 0.717) is 10.8 Å². The summed E-state index contributed by atoms with van der Waals surface area (Å²) in [4.78, 5) is 0. The van der Waals surface area contributed by atoms with Crippen LogP contribution in [0.25, 0.3) is 0 Å². The lowest BCUT2D eigenvalue weighted by Crippen LogP contribution is -2.53. The summed E-state index contributed by atoms with van der Waals surface area (Å²) in [6.07, 6.45) is 3.86. The SMILES string of the molecule is ClC1C2CC3CC1SC(C2)C3Cl. The van der Waals surface area contributed by atoms with E-state index >= 15 is 0 Å². The van der Waals surface area contributed by atoms with E-state index in [9.17, 15) is 0 Å². The van der Waals surface area contributed by atoms with Crippen molar-refractivity contribution in [2.24, 2.45) is 11.8 Å². The summed E-state index contributed by atoms with van der Waals surface area (Å²) in [6.45, 7) is 0. The molecule has 0 spiro atoms. The molecular weight excluding hydrogens is 211 g/mol. The van der Waals surface area contributed by atoms with Crippen molar-refractivity contribution in [3.8, 4) is 0 Å². The second kappa shape index (κ2) is 2.71. The Bertz CT molecular complexity index is 159. The van der Waals surface area contributed by atoms with E-state index in [0.717, 1.165) is 22.3 Å². The molecule has 2 saturated heterocycles. The van der Waals surface area contributed by atoms with Crippen molar-refractivity contribution in [3.05, 3.63) is 0 Å². The third-order valence-corrected chi connectivity index (χ3v) is 6.93. The van der Waals surface area contributed by atoms with Crippen molar-refractivity contribution in [1.29, 1.82) is 0 Å². The zero-order chi connectivity index (χ0) is 8.29. The molecule has 6 unspecified atom stereocenters. The summed E-state index contributed by atoms with van der Waals surface area (Å²) in [7, 11) is 0. The van der Waals surface area contributed by atoms with Gasteiger partial charge in [-0.25, -0.2) is 0 Å². The molecule has 6 atom stereocenters. The molecule has 0 amide bonds. The highest BCUT2D eigenvalue weighted by Gasteiger charge is 2.52. The number of thioether (sulfide) groups is 1. The van der Waals surface area contributed by atoms with E-state index in [-0.39, 0.29) is 0 Å². The molecule has 68 valence electrons. The summed E-state index contributed by atoms with van der Waals surface area (Å²) in [6, 6.07) is 0. The molecule has 4 aliphatic rings. The maximum absolute atomic E-state index is 6.35. The second-order valence-electron chi connectivity index (χ2n) is 4.33. The fourth-order valence-corrected chi connectivity index (χ4v) is 5.93. The summed E-state index contributed by atoms with van der Waals surface area (Å²) >= 11 is 14.8. The molecule has 0 aromatic heterocycles. The van der Waals surface area contributed by atoms with Crippen molar-refractivity contribution in [2.45, 2.75) is 40.5 Å². The highest BCUT2D eigenvalue weighted by molar-refractivity contribution is 8.00. The lowest BCUT2D eigenvalue weighted by molar-refractivity contribution is 0.194. The Morgan fingerprint density at radius 3 is 1.75 bits per heavy atom. The van der Waals surface area contributed by atoms with Gasteiger partial charge in [0.1, 0.15) is 0 Å². The Kier molecular flexibility index (Phi) is 1.86. The molecule has 0 N–H and O–H groups in total. The monoisotopic (exact) mass is 222 g/mol. The molecule has 3 heteroatoms. The predicted molar refractivity (Wildman–Crippen MR) is 55.3 cm³/mol. The van der Waals surface area contributed by atoms with E-state index in [2.05, 4.69) is 11.8 Å². The highest BCUT2D eigenvalue weighted by Crippen LogP contribution is 2.57. The van der Waals surface area contributed by atoms with Crippen LogP contribution >= 0.6 is 35.0 Å². The molecule has 2 aliphatic carbocycles. The van der Waals surface area contributed by atoms with Gasteiger partial charge in [0.05, 0.1) is 0 Å². The molecule has 2 heterocycles. The molecule has 0 aromatic carbocycles. The molecule has 4 rings (SSSR count). The number of hydrogen-bond acceptors (Lipinski definition) is 1. The first-order valence-electron chi connectivity index (χ1n) is 4.69. The first-order chi connectivity index (χ1) is 5.75. The van der Waals surface area contributed by atoms with Gasteiger partial charge in [-0.1, -0.05) is 0 Å². The summed E-state index contributed by atoms with van der Waals surface area (Å²) in [5.41, 5.74) is 0. The van der Waals surface area contributed by atoms with Gasteiger partial charge in [-0.3, -0.25) is 0 Å². The van der Waals surface area contributed by atoms with Crippen molar-refractivity contribution >= 4 is 35.0 Å². The van der Waals surface area contributed by atoms with E-state index < -0.39 is 0 Å². The van der Waals surface area contributed by atoms with Crippen LogP contribution < -0.4 is 0 Å². The maximum Gasteiger partial charge on any atom is 0.0483 e. The molecule has 0 radical (unpaired) electrons. The van der Waals surface area contributed by atoms with Gasteiger partial charge in [-0.05, 0) is 31.1 Å². The van der Waals surface area contributed by atoms with Crippen LogP contribution in [0.2, 0.25) is 0 Å².